The van der Waals surface area contributed by atoms with Crippen LogP contribution in [-0.4, -0.2) is 57.5 Å². The zero-order valence-corrected chi connectivity index (χ0v) is 15.8. The molecule has 2 amide bonds. The Balaban J connectivity index is 2.10. The molecular weight excluding hydrogens is 338 g/mol. The average molecular weight is 363 g/mol. The van der Waals surface area contributed by atoms with E-state index in [1.54, 1.807) is 9.80 Å². The Labute approximate surface area is 152 Å². The van der Waals surface area contributed by atoms with E-state index in [4.69, 9.17) is 4.74 Å². The van der Waals surface area contributed by atoms with Gasteiger partial charge in [-0.05, 0) is 46.8 Å². The molecule has 1 fully saturated rings. The molecule has 1 heterocycles. The molecule has 8 heteroatoms. The van der Waals surface area contributed by atoms with Gasteiger partial charge in [-0.1, -0.05) is 0 Å². The summed E-state index contributed by atoms with van der Waals surface area (Å²) in [6.07, 6.45) is -0.390. The third-order valence-corrected chi connectivity index (χ3v) is 4.20. The van der Waals surface area contributed by atoms with E-state index in [0.717, 1.165) is 0 Å². The molecule has 0 N–H and O–H groups in total. The molecule has 0 aromatic heterocycles. The van der Waals surface area contributed by atoms with Crippen LogP contribution in [0.3, 0.4) is 0 Å². The molecule has 1 aromatic carbocycles. The predicted octanol–water partition coefficient (Wildman–Crippen LogP) is 3.06. The highest BCUT2D eigenvalue weighted by atomic mass is 16.6. The van der Waals surface area contributed by atoms with Crippen molar-refractivity contribution >= 4 is 17.7 Å². The van der Waals surface area contributed by atoms with Gasteiger partial charge < -0.3 is 14.5 Å². The Morgan fingerprint density at radius 3 is 2.08 bits per heavy atom. The van der Waals surface area contributed by atoms with Gasteiger partial charge in [0.05, 0.1) is 4.92 Å². The van der Waals surface area contributed by atoms with Crippen LogP contribution in [0.15, 0.2) is 24.3 Å². The lowest BCUT2D eigenvalue weighted by Gasteiger charge is -2.44. The van der Waals surface area contributed by atoms with Crippen LogP contribution >= 0.6 is 0 Å². The number of rotatable bonds is 2. The standard InChI is InChI=1S/C18H25N3O5/c1-12-11-20(17(23)26-18(3,4)5)13(2)10-19(12)16(22)14-6-8-15(9-7-14)21(24)25/h6-9,12-13H,10-11H2,1-5H3/t12-,13+/m0/s1. The zero-order chi connectivity index (χ0) is 19.6. The average Bonchev–Trinajstić information content (AvgIpc) is 2.54. The molecule has 8 nitrogen and oxygen atoms in total. The summed E-state index contributed by atoms with van der Waals surface area (Å²) in [5.41, 5.74) is -0.246. The van der Waals surface area contributed by atoms with E-state index in [0.29, 0.717) is 18.7 Å². The largest absolute Gasteiger partial charge is 0.444 e. The lowest BCUT2D eigenvalue weighted by molar-refractivity contribution is -0.384. The Morgan fingerprint density at radius 2 is 1.58 bits per heavy atom. The van der Waals surface area contributed by atoms with Gasteiger partial charge in [-0.25, -0.2) is 4.79 Å². The Bertz CT molecular complexity index is 696. The zero-order valence-electron chi connectivity index (χ0n) is 15.8. The van der Waals surface area contributed by atoms with Gasteiger partial charge in [0.2, 0.25) is 0 Å². The highest BCUT2D eigenvalue weighted by Crippen LogP contribution is 2.22. The van der Waals surface area contributed by atoms with Crippen LogP contribution in [0.4, 0.5) is 10.5 Å². The molecule has 0 aliphatic carbocycles. The SMILES string of the molecule is C[C@@H]1CN(C(=O)c2ccc([N+](=O)[O-])cc2)[C@@H](C)CN1C(=O)OC(C)(C)C. The van der Waals surface area contributed by atoms with Crippen LogP contribution < -0.4 is 0 Å². The molecule has 26 heavy (non-hydrogen) atoms. The first-order valence-electron chi connectivity index (χ1n) is 8.54. The third kappa shape index (κ3) is 4.50. The monoisotopic (exact) mass is 363 g/mol. The number of carbonyl (C=O) groups is 2. The van der Waals surface area contributed by atoms with Gasteiger partial charge in [-0.2, -0.15) is 0 Å². The maximum absolute atomic E-state index is 12.8. The van der Waals surface area contributed by atoms with E-state index in [9.17, 15) is 19.7 Å². The van der Waals surface area contributed by atoms with Gasteiger partial charge in [0.1, 0.15) is 5.60 Å². The van der Waals surface area contributed by atoms with Gasteiger partial charge in [0.15, 0.2) is 0 Å². The minimum absolute atomic E-state index is 0.0577. The van der Waals surface area contributed by atoms with Crippen molar-refractivity contribution in [3.8, 4) is 0 Å². The van der Waals surface area contributed by atoms with Crippen LogP contribution in [0.5, 0.6) is 0 Å². The highest BCUT2D eigenvalue weighted by molar-refractivity contribution is 5.94. The minimum atomic E-state index is -0.578. The van der Waals surface area contributed by atoms with Gasteiger partial charge >= 0.3 is 6.09 Å². The molecule has 0 unspecified atom stereocenters. The highest BCUT2D eigenvalue weighted by Gasteiger charge is 2.36. The lowest BCUT2D eigenvalue weighted by Crippen LogP contribution is -2.60. The number of ether oxygens (including phenoxy) is 1. The molecule has 0 saturated carbocycles. The number of nitrogens with zero attached hydrogens (tertiary/aromatic N) is 3. The molecule has 1 saturated heterocycles. The van der Waals surface area contributed by atoms with Gasteiger partial charge in [0.25, 0.3) is 11.6 Å². The molecular formula is C18H25N3O5. The lowest BCUT2D eigenvalue weighted by atomic mass is 10.1. The maximum atomic E-state index is 12.8. The quantitative estimate of drug-likeness (QED) is 0.595. The molecule has 142 valence electrons. The fourth-order valence-electron chi connectivity index (χ4n) is 2.88. The summed E-state index contributed by atoms with van der Waals surface area (Å²) in [5.74, 6) is -0.205. The summed E-state index contributed by atoms with van der Waals surface area (Å²) in [4.78, 5) is 38.7. The number of piperazine rings is 1. The number of nitro groups is 1. The van der Waals surface area contributed by atoms with Crippen molar-refractivity contribution in [2.75, 3.05) is 13.1 Å². The number of nitro benzene ring substituents is 1. The van der Waals surface area contributed by atoms with Crippen molar-refractivity contribution < 1.29 is 19.2 Å². The van der Waals surface area contributed by atoms with E-state index in [2.05, 4.69) is 0 Å². The molecule has 1 aliphatic rings. The molecule has 2 rings (SSSR count). The molecule has 1 aliphatic heterocycles. The van der Waals surface area contributed by atoms with Crippen molar-refractivity contribution in [1.29, 1.82) is 0 Å². The number of non-ortho nitro benzene ring substituents is 1. The summed E-state index contributed by atoms with van der Waals surface area (Å²) in [5, 5.41) is 10.7. The van der Waals surface area contributed by atoms with E-state index in [1.807, 2.05) is 34.6 Å². The van der Waals surface area contributed by atoms with Crippen LogP contribution in [0.2, 0.25) is 0 Å². The fourth-order valence-corrected chi connectivity index (χ4v) is 2.88. The molecule has 1 aromatic rings. The van der Waals surface area contributed by atoms with Crippen molar-refractivity contribution in [1.82, 2.24) is 9.80 Å². The van der Waals surface area contributed by atoms with E-state index >= 15 is 0 Å². The summed E-state index contributed by atoms with van der Waals surface area (Å²) in [6, 6.07) is 5.16. The summed E-state index contributed by atoms with van der Waals surface area (Å²) in [6.45, 7) is 9.91. The smallest absolute Gasteiger partial charge is 0.410 e. The van der Waals surface area contributed by atoms with E-state index in [-0.39, 0.29) is 29.8 Å². The summed E-state index contributed by atoms with van der Waals surface area (Å²) in [7, 11) is 0. The topological polar surface area (TPSA) is 93.0 Å². The molecule has 0 spiro atoms. The van der Waals surface area contributed by atoms with Gasteiger partial charge in [0, 0.05) is 42.9 Å². The first-order valence-corrected chi connectivity index (χ1v) is 8.54. The number of benzene rings is 1. The predicted molar refractivity (Wildman–Crippen MR) is 96.0 cm³/mol. The van der Waals surface area contributed by atoms with Crippen LogP contribution in [0.25, 0.3) is 0 Å². The van der Waals surface area contributed by atoms with Crippen LogP contribution in [0, 0.1) is 10.1 Å². The normalized spacial score (nSPS) is 20.7. The Morgan fingerprint density at radius 1 is 1.08 bits per heavy atom. The summed E-state index contributed by atoms with van der Waals surface area (Å²) >= 11 is 0. The Kier molecular flexibility index (Phi) is 5.53. The Hall–Kier alpha value is -2.64. The minimum Gasteiger partial charge on any atom is -0.444 e. The second kappa shape index (κ2) is 7.31. The second-order valence-corrected chi connectivity index (χ2v) is 7.59. The van der Waals surface area contributed by atoms with E-state index < -0.39 is 10.5 Å². The van der Waals surface area contributed by atoms with Crippen molar-refractivity contribution in [2.45, 2.75) is 52.3 Å². The molecule has 0 radical (unpaired) electrons. The van der Waals surface area contributed by atoms with Crippen molar-refractivity contribution in [2.24, 2.45) is 0 Å². The molecule has 0 bridgehead atoms. The van der Waals surface area contributed by atoms with E-state index in [1.165, 1.54) is 24.3 Å². The number of hydrogen-bond donors (Lipinski definition) is 0. The summed E-state index contributed by atoms with van der Waals surface area (Å²) < 4.78 is 5.43. The fraction of sp³-hybridized carbons (Fsp3) is 0.556. The van der Waals surface area contributed by atoms with Crippen molar-refractivity contribution in [3.63, 3.8) is 0 Å². The molecule has 2 atom stereocenters. The first-order chi connectivity index (χ1) is 12.0. The van der Waals surface area contributed by atoms with Crippen molar-refractivity contribution in [3.05, 3.63) is 39.9 Å². The van der Waals surface area contributed by atoms with Crippen LogP contribution in [0.1, 0.15) is 45.0 Å². The first kappa shape index (κ1) is 19.7. The van der Waals surface area contributed by atoms with Gasteiger partial charge in [-0.3, -0.25) is 14.9 Å². The second-order valence-electron chi connectivity index (χ2n) is 7.59. The van der Waals surface area contributed by atoms with Crippen LogP contribution in [-0.2, 0) is 4.74 Å². The number of amides is 2. The number of hydrogen-bond acceptors (Lipinski definition) is 5. The number of carbonyl (C=O) groups excluding carboxylic acids is 2. The third-order valence-electron chi connectivity index (χ3n) is 4.20. The maximum Gasteiger partial charge on any atom is 0.410 e. The van der Waals surface area contributed by atoms with Gasteiger partial charge in [-0.15, -0.1) is 0 Å².